The molecule has 0 aromatic carbocycles. The van der Waals surface area contributed by atoms with Crippen LogP contribution >= 0.6 is 0 Å². The Morgan fingerprint density at radius 3 is 3.15 bits per heavy atom. The van der Waals surface area contributed by atoms with Gasteiger partial charge in [-0.15, -0.1) is 0 Å². The first-order chi connectivity index (χ1) is 9.81. The van der Waals surface area contributed by atoms with Crippen molar-refractivity contribution in [2.24, 2.45) is 5.92 Å². The maximum absolute atomic E-state index is 11.9. The summed E-state index contributed by atoms with van der Waals surface area (Å²) in [5.74, 6) is 1.56. The molecule has 0 bridgehead atoms. The maximum Gasteiger partial charge on any atom is 0.273 e. The lowest BCUT2D eigenvalue weighted by Gasteiger charge is -2.07. The lowest BCUT2D eigenvalue weighted by atomic mass is 10.1. The fourth-order valence-corrected chi connectivity index (χ4v) is 2.16. The Kier molecular flexibility index (Phi) is 3.83. The van der Waals surface area contributed by atoms with Gasteiger partial charge in [-0.05, 0) is 18.6 Å². The second-order valence-corrected chi connectivity index (χ2v) is 4.87. The van der Waals surface area contributed by atoms with Crippen LogP contribution in [0.1, 0.15) is 28.4 Å². The average Bonchev–Trinajstić information content (AvgIpc) is 3.19. The molecule has 1 amide bonds. The third-order valence-electron chi connectivity index (χ3n) is 3.30. The van der Waals surface area contributed by atoms with Crippen molar-refractivity contribution >= 4 is 5.91 Å². The SMILES string of the molecule is O=C(NCC1CCOC1)c1cc(Cc2ccco2)on1. The van der Waals surface area contributed by atoms with Gasteiger partial charge in [0.25, 0.3) is 5.91 Å². The highest BCUT2D eigenvalue weighted by atomic mass is 16.5. The number of carbonyl (C=O) groups excluding carboxylic acids is 1. The van der Waals surface area contributed by atoms with Crippen LogP contribution in [0.4, 0.5) is 0 Å². The van der Waals surface area contributed by atoms with Crippen LogP contribution in [0.15, 0.2) is 33.4 Å². The molecule has 1 atom stereocenters. The summed E-state index contributed by atoms with van der Waals surface area (Å²) in [4.78, 5) is 11.9. The molecule has 1 aliphatic rings. The van der Waals surface area contributed by atoms with Crippen LogP contribution in [0, 0.1) is 5.92 Å². The molecule has 1 aliphatic heterocycles. The third kappa shape index (κ3) is 3.08. The monoisotopic (exact) mass is 276 g/mol. The van der Waals surface area contributed by atoms with E-state index in [4.69, 9.17) is 13.7 Å². The fourth-order valence-electron chi connectivity index (χ4n) is 2.16. The number of hydrogen-bond acceptors (Lipinski definition) is 5. The number of hydrogen-bond donors (Lipinski definition) is 1. The molecule has 3 heterocycles. The van der Waals surface area contributed by atoms with Crippen molar-refractivity contribution in [1.29, 1.82) is 0 Å². The highest BCUT2D eigenvalue weighted by molar-refractivity contribution is 5.92. The van der Waals surface area contributed by atoms with Crippen LogP contribution in [0.5, 0.6) is 0 Å². The molecule has 2 aromatic heterocycles. The average molecular weight is 276 g/mol. The van der Waals surface area contributed by atoms with Crippen molar-refractivity contribution in [2.75, 3.05) is 19.8 Å². The second-order valence-electron chi connectivity index (χ2n) is 4.87. The lowest BCUT2D eigenvalue weighted by Crippen LogP contribution is -2.29. The quantitative estimate of drug-likeness (QED) is 0.898. The number of aromatic nitrogens is 1. The Labute approximate surface area is 116 Å². The zero-order valence-electron chi connectivity index (χ0n) is 11.0. The van der Waals surface area contributed by atoms with Crippen molar-refractivity contribution in [3.8, 4) is 0 Å². The fraction of sp³-hybridized carbons (Fsp3) is 0.429. The number of ether oxygens (including phenoxy) is 1. The molecular formula is C14H16N2O4. The molecule has 2 aromatic rings. The highest BCUT2D eigenvalue weighted by Crippen LogP contribution is 2.13. The Balaban J connectivity index is 1.54. The molecule has 0 radical (unpaired) electrons. The standard InChI is InChI=1S/C14H16N2O4/c17-14(15-8-10-3-5-18-9-10)13-7-12(20-16-13)6-11-2-1-4-19-11/h1-2,4,7,10H,3,5-6,8-9H2,(H,15,17). The molecule has 0 saturated carbocycles. The molecule has 1 unspecified atom stereocenters. The van der Waals surface area contributed by atoms with Crippen LogP contribution in [-0.2, 0) is 11.2 Å². The lowest BCUT2D eigenvalue weighted by molar-refractivity contribution is 0.0936. The number of nitrogens with one attached hydrogen (secondary N) is 1. The zero-order chi connectivity index (χ0) is 13.8. The Bertz CT molecular complexity index is 556. The summed E-state index contributed by atoms with van der Waals surface area (Å²) in [6, 6.07) is 5.30. The minimum Gasteiger partial charge on any atom is -0.469 e. The van der Waals surface area contributed by atoms with Crippen molar-refractivity contribution in [2.45, 2.75) is 12.8 Å². The highest BCUT2D eigenvalue weighted by Gasteiger charge is 2.18. The van der Waals surface area contributed by atoms with Crippen molar-refractivity contribution in [1.82, 2.24) is 10.5 Å². The molecule has 1 N–H and O–H groups in total. The summed E-state index contributed by atoms with van der Waals surface area (Å²) in [7, 11) is 0. The molecule has 0 aliphatic carbocycles. The number of carbonyl (C=O) groups is 1. The second kappa shape index (κ2) is 5.92. The number of furan rings is 1. The van der Waals surface area contributed by atoms with E-state index in [2.05, 4.69) is 10.5 Å². The topological polar surface area (TPSA) is 77.5 Å². The molecule has 0 spiro atoms. The largest absolute Gasteiger partial charge is 0.469 e. The van der Waals surface area contributed by atoms with E-state index < -0.39 is 0 Å². The molecule has 3 rings (SSSR count). The van der Waals surface area contributed by atoms with Gasteiger partial charge in [0.1, 0.15) is 11.5 Å². The minimum absolute atomic E-state index is 0.216. The number of nitrogens with zero attached hydrogens (tertiary/aromatic N) is 1. The smallest absolute Gasteiger partial charge is 0.273 e. The predicted molar refractivity (Wildman–Crippen MR) is 69.3 cm³/mol. The van der Waals surface area contributed by atoms with Crippen LogP contribution in [0.2, 0.25) is 0 Å². The van der Waals surface area contributed by atoms with Crippen LogP contribution in [-0.4, -0.2) is 30.8 Å². The summed E-state index contributed by atoms with van der Waals surface area (Å²) in [5, 5.41) is 6.63. The number of rotatable bonds is 5. The summed E-state index contributed by atoms with van der Waals surface area (Å²) in [6.45, 7) is 2.10. The van der Waals surface area contributed by atoms with Crippen LogP contribution in [0.3, 0.4) is 0 Å². The van der Waals surface area contributed by atoms with Gasteiger partial charge in [0, 0.05) is 25.1 Å². The van der Waals surface area contributed by atoms with E-state index in [0.29, 0.717) is 36.9 Å². The molecule has 6 nitrogen and oxygen atoms in total. The van der Waals surface area contributed by atoms with Gasteiger partial charge in [-0.25, -0.2) is 0 Å². The molecular weight excluding hydrogens is 260 g/mol. The van der Waals surface area contributed by atoms with Gasteiger partial charge in [-0.2, -0.15) is 0 Å². The predicted octanol–water partition coefficient (Wildman–Crippen LogP) is 1.62. The normalized spacial score (nSPS) is 18.3. The first-order valence-electron chi connectivity index (χ1n) is 6.65. The van der Waals surface area contributed by atoms with Crippen molar-refractivity contribution < 1.29 is 18.5 Å². The molecule has 1 fully saturated rings. The van der Waals surface area contributed by atoms with E-state index in [1.54, 1.807) is 12.3 Å². The van der Waals surface area contributed by atoms with E-state index in [0.717, 1.165) is 18.8 Å². The van der Waals surface area contributed by atoms with Gasteiger partial charge in [0.2, 0.25) is 0 Å². The van der Waals surface area contributed by atoms with Crippen LogP contribution < -0.4 is 5.32 Å². The van der Waals surface area contributed by atoms with E-state index in [-0.39, 0.29) is 5.91 Å². The first-order valence-corrected chi connectivity index (χ1v) is 6.65. The Morgan fingerprint density at radius 1 is 1.45 bits per heavy atom. The molecule has 6 heteroatoms. The maximum atomic E-state index is 11.9. The zero-order valence-corrected chi connectivity index (χ0v) is 11.0. The van der Waals surface area contributed by atoms with Gasteiger partial charge in [0.15, 0.2) is 5.69 Å². The van der Waals surface area contributed by atoms with E-state index in [1.807, 2.05) is 12.1 Å². The Morgan fingerprint density at radius 2 is 2.40 bits per heavy atom. The van der Waals surface area contributed by atoms with Crippen molar-refractivity contribution in [3.63, 3.8) is 0 Å². The van der Waals surface area contributed by atoms with Gasteiger partial charge in [-0.3, -0.25) is 4.79 Å². The summed E-state index contributed by atoms with van der Waals surface area (Å²) >= 11 is 0. The summed E-state index contributed by atoms with van der Waals surface area (Å²) in [5.41, 5.74) is 0.297. The van der Waals surface area contributed by atoms with E-state index in [9.17, 15) is 4.79 Å². The van der Waals surface area contributed by atoms with Crippen LogP contribution in [0.25, 0.3) is 0 Å². The molecule has 20 heavy (non-hydrogen) atoms. The van der Waals surface area contributed by atoms with E-state index >= 15 is 0 Å². The van der Waals surface area contributed by atoms with Gasteiger partial charge in [-0.1, -0.05) is 5.16 Å². The molecule has 1 saturated heterocycles. The number of amides is 1. The van der Waals surface area contributed by atoms with Crippen molar-refractivity contribution in [3.05, 3.63) is 41.7 Å². The minimum atomic E-state index is -0.216. The van der Waals surface area contributed by atoms with E-state index in [1.165, 1.54) is 0 Å². The van der Waals surface area contributed by atoms with Gasteiger partial charge < -0.3 is 19.0 Å². The Hall–Kier alpha value is -2.08. The first kappa shape index (κ1) is 12.9. The molecule has 106 valence electrons. The summed E-state index contributed by atoms with van der Waals surface area (Å²) in [6.07, 6.45) is 3.08. The summed E-state index contributed by atoms with van der Waals surface area (Å²) < 4.78 is 15.6. The van der Waals surface area contributed by atoms with Gasteiger partial charge in [0.05, 0.1) is 19.3 Å². The van der Waals surface area contributed by atoms with Gasteiger partial charge >= 0.3 is 0 Å². The third-order valence-corrected chi connectivity index (χ3v) is 3.30.